The van der Waals surface area contributed by atoms with Crippen molar-refractivity contribution in [3.63, 3.8) is 0 Å². The number of nitrogens with one attached hydrogen (secondary N) is 1. The molecule has 27 heavy (non-hydrogen) atoms. The Morgan fingerprint density at radius 2 is 2.04 bits per heavy atom. The van der Waals surface area contributed by atoms with E-state index in [1.165, 1.54) is 17.3 Å². The molecule has 1 aromatic heterocycles. The predicted molar refractivity (Wildman–Crippen MR) is 114 cm³/mol. The van der Waals surface area contributed by atoms with E-state index in [9.17, 15) is 4.79 Å². The zero-order valence-corrected chi connectivity index (χ0v) is 17.0. The van der Waals surface area contributed by atoms with Gasteiger partial charge in [0.15, 0.2) is 0 Å². The molecule has 0 spiro atoms. The summed E-state index contributed by atoms with van der Waals surface area (Å²) >= 11 is 7.42. The van der Waals surface area contributed by atoms with Gasteiger partial charge in [-0.1, -0.05) is 35.4 Å². The Hall–Kier alpha value is -2.37. The van der Waals surface area contributed by atoms with Gasteiger partial charge in [-0.3, -0.25) is 9.78 Å². The summed E-state index contributed by atoms with van der Waals surface area (Å²) in [4.78, 5) is 17.8. The Labute approximate surface area is 168 Å². The van der Waals surface area contributed by atoms with Crippen LogP contribution in [0.2, 0.25) is 5.02 Å². The SMILES string of the molecule is Cc1cc(C)c2nc(C)cc(SCC(=O)N/N=C/c3cccc(Cl)c3)c2c1. The minimum atomic E-state index is -0.162. The molecule has 0 fully saturated rings. The van der Waals surface area contributed by atoms with Crippen LogP contribution in [-0.2, 0) is 4.79 Å². The van der Waals surface area contributed by atoms with Crippen LogP contribution in [0.1, 0.15) is 22.4 Å². The Balaban J connectivity index is 1.68. The largest absolute Gasteiger partial charge is 0.272 e. The van der Waals surface area contributed by atoms with Gasteiger partial charge in [0, 0.05) is 21.0 Å². The van der Waals surface area contributed by atoms with E-state index in [-0.39, 0.29) is 11.7 Å². The number of rotatable bonds is 5. The van der Waals surface area contributed by atoms with Gasteiger partial charge >= 0.3 is 0 Å². The molecule has 0 saturated heterocycles. The first kappa shape index (κ1) is 19.4. The number of nitrogens with zero attached hydrogens (tertiary/aromatic N) is 2. The first-order chi connectivity index (χ1) is 12.9. The average molecular weight is 398 g/mol. The third-order valence-corrected chi connectivity index (χ3v) is 5.24. The van der Waals surface area contributed by atoms with Gasteiger partial charge in [0.25, 0.3) is 0 Å². The van der Waals surface area contributed by atoms with Crippen LogP contribution in [0.5, 0.6) is 0 Å². The molecule has 0 atom stereocenters. The average Bonchev–Trinajstić information content (AvgIpc) is 2.60. The van der Waals surface area contributed by atoms with Crippen LogP contribution in [0, 0.1) is 20.8 Å². The summed E-state index contributed by atoms with van der Waals surface area (Å²) in [5.74, 6) is 0.114. The van der Waals surface area contributed by atoms with Crippen LogP contribution in [0.15, 0.2) is 52.5 Å². The van der Waals surface area contributed by atoms with Crippen molar-refractivity contribution in [3.05, 3.63) is 69.9 Å². The normalized spacial score (nSPS) is 11.3. The molecule has 138 valence electrons. The van der Waals surface area contributed by atoms with E-state index in [0.29, 0.717) is 5.02 Å². The lowest BCUT2D eigenvalue weighted by atomic mass is 10.1. The summed E-state index contributed by atoms with van der Waals surface area (Å²) in [5.41, 5.74) is 7.65. The standard InChI is InChI=1S/C21H20ClN3OS/c1-13-7-14(2)21-18(8-13)19(9-15(3)24-21)27-12-20(26)25-23-11-16-5-4-6-17(22)10-16/h4-11H,12H2,1-3H3,(H,25,26)/b23-11+. The molecule has 3 rings (SSSR count). The molecule has 0 aliphatic heterocycles. The fraction of sp³-hybridized carbons (Fsp3) is 0.190. The van der Waals surface area contributed by atoms with Gasteiger partial charge in [-0.25, -0.2) is 5.43 Å². The van der Waals surface area contributed by atoms with Gasteiger partial charge in [-0.15, -0.1) is 11.8 Å². The minimum Gasteiger partial charge on any atom is -0.272 e. The highest BCUT2D eigenvalue weighted by atomic mass is 35.5. The number of hydrogen-bond acceptors (Lipinski definition) is 4. The number of aromatic nitrogens is 1. The number of thioether (sulfide) groups is 1. The molecule has 0 aliphatic carbocycles. The zero-order valence-electron chi connectivity index (χ0n) is 15.4. The molecule has 6 heteroatoms. The van der Waals surface area contributed by atoms with E-state index in [0.717, 1.165) is 32.6 Å². The van der Waals surface area contributed by atoms with Crippen LogP contribution in [0.25, 0.3) is 10.9 Å². The number of halogens is 1. The monoisotopic (exact) mass is 397 g/mol. The van der Waals surface area contributed by atoms with E-state index in [1.54, 1.807) is 18.3 Å². The summed E-state index contributed by atoms with van der Waals surface area (Å²) in [7, 11) is 0. The van der Waals surface area contributed by atoms with E-state index < -0.39 is 0 Å². The van der Waals surface area contributed by atoms with Gasteiger partial charge in [0.2, 0.25) is 5.91 Å². The van der Waals surface area contributed by atoms with Crippen molar-refractivity contribution in [1.82, 2.24) is 10.4 Å². The minimum absolute atomic E-state index is 0.162. The third kappa shape index (κ3) is 5.08. The quantitative estimate of drug-likeness (QED) is 0.372. The molecule has 0 unspecified atom stereocenters. The number of carbonyl (C=O) groups is 1. The van der Waals surface area contributed by atoms with E-state index >= 15 is 0 Å². The Morgan fingerprint density at radius 3 is 2.81 bits per heavy atom. The number of hydrogen-bond donors (Lipinski definition) is 1. The summed E-state index contributed by atoms with van der Waals surface area (Å²) in [6, 6.07) is 13.5. The van der Waals surface area contributed by atoms with Crippen LogP contribution in [0.3, 0.4) is 0 Å². The summed E-state index contributed by atoms with van der Waals surface area (Å²) < 4.78 is 0. The second-order valence-electron chi connectivity index (χ2n) is 6.38. The number of benzene rings is 2. The Morgan fingerprint density at radius 1 is 1.22 bits per heavy atom. The predicted octanol–water partition coefficient (Wildman–Crippen LogP) is 5.06. The topological polar surface area (TPSA) is 54.4 Å². The van der Waals surface area contributed by atoms with Gasteiger partial charge in [0.1, 0.15) is 0 Å². The van der Waals surface area contributed by atoms with Gasteiger partial charge in [-0.2, -0.15) is 5.10 Å². The van der Waals surface area contributed by atoms with Crippen molar-refractivity contribution >= 4 is 46.4 Å². The number of pyridine rings is 1. The summed E-state index contributed by atoms with van der Waals surface area (Å²) in [6.07, 6.45) is 1.58. The molecule has 2 aromatic carbocycles. The van der Waals surface area contributed by atoms with Crippen molar-refractivity contribution < 1.29 is 4.79 Å². The number of aryl methyl sites for hydroxylation is 3. The van der Waals surface area contributed by atoms with Gasteiger partial charge in [0.05, 0.1) is 17.5 Å². The van der Waals surface area contributed by atoms with Crippen molar-refractivity contribution in [1.29, 1.82) is 0 Å². The van der Waals surface area contributed by atoms with Gasteiger partial charge < -0.3 is 0 Å². The molecule has 1 amide bonds. The maximum absolute atomic E-state index is 12.1. The van der Waals surface area contributed by atoms with Crippen molar-refractivity contribution in [2.24, 2.45) is 5.10 Å². The van der Waals surface area contributed by atoms with Gasteiger partial charge in [-0.05, 0) is 56.2 Å². The van der Waals surface area contributed by atoms with Crippen molar-refractivity contribution in [3.8, 4) is 0 Å². The van der Waals surface area contributed by atoms with Crippen LogP contribution in [0.4, 0.5) is 0 Å². The fourth-order valence-corrected chi connectivity index (χ4v) is 3.95. The number of amides is 1. The number of carbonyl (C=O) groups excluding carboxylic acids is 1. The first-order valence-corrected chi connectivity index (χ1v) is 9.87. The molecule has 4 nitrogen and oxygen atoms in total. The Bertz CT molecular complexity index is 1030. The molecular formula is C21H20ClN3OS. The summed E-state index contributed by atoms with van der Waals surface area (Å²) in [6.45, 7) is 6.10. The maximum Gasteiger partial charge on any atom is 0.250 e. The third-order valence-electron chi connectivity index (χ3n) is 3.95. The lowest BCUT2D eigenvalue weighted by molar-refractivity contribution is -0.118. The highest BCUT2D eigenvalue weighted by molar-refractivity contribution is 8.00. The lowest BCUT2D eigenvalue weighted by Gasteiger charge is -2.10. The second-order valence-corrected chi connectivity index (χ2v) is 7.83. The first-order valence-electron chi connectivity index (χ1n) is 8.51. The molecule has 0 aliphatic rings. The van der Waals surface area contributed by atoms with E-state index in [4.69, 9.17) is 11.6 Å². The highest BCUT2D eigenvalue weighted by Crippen LogP contribution is 2.30. The Kier molecular flexibility index (Phi) is 6.14. The van der Waals surface area contributed by atoms with Crippen molar-refractivity contribution in [2.75, 3.05) is 5.75 Å². The zero-order chi connectivity index (χ0) is 19.4. The molecular weight excluding hydrogens is 378 g/mol. The molecule has 0 saturated carbocycles. The second kappa shape index (κ2) is 8.55. The number of hydrazone groups is 1. The molecule has 0 radical (unpaired) electrons. The van der Waals surface area contributed by atoms with E-state index in [1.807, 2.05) is 25.1 Å². The highest BCUT2D eigenvalue weighted by Gasteiger charge is 2.10. The molecule has 1 heterocycles. The summed E-state index contributed by atoms with van der Waals surface area (Å²) in [5, 5.41) is 5.71. The van der Waals surface area contributed by atoms with Crippen molar-refractivity contribution in [2.45, 2.75) is 25.7 Å². The van der Waals surface area contributed by atoms with E-state index in [2.05, 4.69) is 41.5 Å². The fourth-order valence-electron chi connectivity index (χ4n) is 2.83. The lowest BCUT2D eigenvalue weighted by Crippen LogP contribution is -2.19. The molecule has 3 aromatic rings. The maximum atomic E-state index is 12.1. The van der Waals surface area contributed by atoms with Crippen LogP contribution >= 0.6 is 23.4 Å². The van der Waals surface area contributed by atoms with Crippen LogP contribution < -0.4 is 5.43 Å². The smallest absolute Gasteiger partial charge is 0.250 e. The number of fused-ring (bicyclic) bond motifs is 1. The van der Waals surface area contributed by atoms with Crippen LogP contribution in [-0.4, -0.2) is 22.9 Å². The molecule has 1 N–H and O–H groups in total. The molecule has 0 bridgehead atoms.